The number of anilines is 1. The largest absolute Gasteiger partial charge is 0.319 e. The van der Waals surface area contributed by atoms with Crippen LogP contribution in [0.25, 0.3) is 0 Å². The maximum absolute atomic E-state index is 11.4. The number of nitrogens with one attached hydrogen (secondary N) is 2. The Bertz CT molecular complexity index is 405. The predicted octanol–water partition coefficient (Wildman–Crippen LogP) is 1.08. The summed E-state index contributed by atoms with van der Waals surface area (Å²) < 4.78 is 0. The van der Waals surface area contributed by atoms with Crippen LogP contribution in [0.5, 0.6) is 0 Å². The lowest BCUT2D eigenvalue weighted by Crippen LogP contribution is -2.37. The van der Waals surface area contributed by atoms with Gasteiger partial charge in [-0.2, -0.15) is 0 Å². The van der Waals surface area contributed by atoms with Crippen LogP contribution in [0.15, 0.2) is 24.3 Å². The van der Waals surface area contributed by atoms with Crippen LogP contribution < -0.4 is 15.8 Å². The molecule has 0 spiro atoms. The number of rotatable bonds is 4. The highest BCUT2D eigenvalue weighted by Crippen LogP contribution is 2.24. The van der Waals surface area contributed by atoms with Crippen molar-refractivity contribution in [2.24, 2.45) is 0 Å². The second-order valence-corrected chi connectivity index (χ2v) is 4.44. The van der Waals surface area contributed by atoms with Crippen molar-refractivity contribution in [2.75, 3.05) is 18.6 Å². The maximum atomic E-state index is 11.4. The molecule has 1 atom stereocenters. The molecule has 92 valence electrons. The standard InChI is InChI=1S/C13H19N3O/c1-10-9-13(17)15-16(10)12-6-4-3-5-11(12)7-8-14-2/h3-6,10,14H,7-9H2,1-2H3,(H,15,17). The molecule has 0 radical (unpaired) electrons. The average Bonchev–Trinajstić information content (AvgIpc) is 2.66. The van der Waals surface area contributed by atoms with Crippen LogP contribution in [0.2, 0.25) is 0 Å². The van der Waals surface area contributed by atoms with Crippen LogP contribution in [0.3, 0.4) is 0 Å². The number of para-hydroxylation sites is 1. The topological polar surface area (TPSA) is 44.4 Å². The molecule has 1 saturated heterocycles. The van der Waals surface area contributed by atoms with Crippen LogP contribution in [0, 0.1) is 0 Å². The molecule has 1 heterocycles. The molecule has 0 saturated carbocycles. The number of benzene rings is 1. The third-order valence-corrected chi connectivity index (χ3v) is 3.06. The molecule has 2 N–H and O–H groups in total. The van der Waals surface area contributed by atoms with E-state index in [9.17, 15) is 4.79 Å². The van der Waals surface area contributed by atoms with Gasteiger partial charge in [-0.05, 0) is 38.6 Å². The van der Waals surface area contributed by atoms with Gasteiger partial charge in [0, 0.05) is 0 Å². The first-order chi connectivity index (χ1) is 8.22. The van der Waals surface area contributed by atoms with Crippen molar-refractivity contribution in [2.45, 2.75) is 25.8 Å². The Morgan fingerprint density at radius 2 is 2.24 bits per heavy atom. The Balaban J connectivity index is 2.22. The second kappa shape index (κ2) is 5.19. The molecular formula is C13H19N3O. The third kappa shape index (κ3) is 2.58. The molecule has 1 amide bonds. The summed E-state index contributed by atoms with van der Waals surface area (Å²) in [6, 6.07) is 8.45. The molecule has 1 unspecified atom stereocenters. The van der Waals surface area contributed by atoms with Gasteiger partial charge in [0.25, 0.3) is 0 Å². The molecular weight excluding hydrogens is 214 g/mol. The molecule has 4 nitrogen and oxygen atoms in total. The van der Waals surface area contributed by atoms with E-state index >= 15 is 0 Å². The Morgan fingerprint density at radius 3 is 2.88 bits per heavy atom. The number of likely N-dealkylation sites (N-methyl/N-ethyl adjacent to an activating group) is 1. The summed E-state index contributed by atoms with van der Waals surface area (Å²) in [6.45, 7) is 3.00. The van der Waals surface area contributed by atoms with Crippen molar-refractivity contribution in [1.29, 1.82) is 0 Å². The fraction of sp³-hybridized carbons (Fsp3) is 0.462. The summed E-state index contributed by atoms with van der Waals surface area (Å²) in [4.78, 5) is 11.4. The minimum Gasteiger partial charge on any atom is -0.319 e. The summed E-state index contributed by atoms with van der Waals surface area (Å²) in [5, 5.41) is 5.13. The quantitative estimate of drug-likeness (QED) is 0.818. The predicted molar refractivity (Wildman–Crippen MR) is 68.8 cm³/mol. The average molecular weight is 233 g/mol. The van der Waals surface area contributed by atoms with Gasteiger partial charge in [-0.3, -0.25) is 15.2 Å². The molecule has 1 aromatic rings. The van der Waals surface area contributed by atoms with Crippen LogP contribution >= 0.6 is 0 Å². The monoisotopic (exact) mass is 233 g/mol. The summed E-state index contributed by atoms with van der Waals surface area (Å²) >= 11 is 0. The highest BCUT2D eigenvalue weighted by Gasteiger charge is 2.27. The lowest BCUT2D eigenvalue weighted by molar-refractivity contribution is -0.119. The zero-order valence-corrected chi connectivity index (χ0v) is 10.4. The molecule has 0 bridgehead atoms. The molecule has 17 heavy (non-hydrogen) atoms. The van der Waals surface area contributed by atoms with Crippen molar-refractivity contribution >= 4 is 11.6 Å². The van der Waals surface area contributed by atoms with Gasteiger partial charge in [-0.25, -0.2) is 0 Å². The van der Waals surface area contributed by atoms with Crippen LogP contribution in [0.4, 0.5) is 5.69 Å². The van der Waals surface area contributed by atoms with Gasteiger partial charge >= 0.3 is 0 Å². The minimum atomic E-state index is 0.0981. The zero-order chi connectivity index (χ0) is 12.3. The Kier molecular flexibility index (Phi) is 3.64. The molecule has 0 aromatic heterocycles. The summed E-state index contributed by atoms with van der Waals surface area (Å²) in [6.07, 6.45) is 1.53. The van der Waals surface area contributed by atoms with Crippen molar-refractivity contribution in [1.82, 2.24) is 10.7 Å². The third-order valence-electron chi connectivity index (χ3n) is 3.06. The van der Waals surface area contributed by atoms with Gasteiger partial charge in [-0.15, -0.1) is 0 Å². The summed E-state index contributed by atoms with van der Waals surface area (Å²) in [7, 11) is 1.95. The van der Waals surface area contributed by atoms with E-state index in [0.717, 1.165) is 18.7 Å². The van der Waals surface area contributed by atoms with Gasteiger partial charge < -0.3 is 5.32 Å². The number of carbonyl (C=O) groups excluding carboxylic acids is 1. The molecule has 0 aliphatic carbocycles. The van der Waals surface area contributed by atoms with Gasteiger partial charge in [0.1, 0.15) is 0 Å². The number of carbonyl (C=O) groups is 1. The maximum Gasteiger partial charge on any atom is 0.240 e. The minimum absolute atomic E-state index is 0.0981. The van der Waals surface area contributed by atoms with Crippen molar-refractivity contribution in [3.63, 3.8) is 0 Å². The number of nitrogens with zero attached hydrogens (tertiary/aromatic N) is 1. The van der Waals surface area contributed by atoms with Crippen LogP contribution in [0.1, 0.15) is 18.9 Å². The van der Waals surface area contributed by atoms with E-state index in [1.54, 1.807) is 0 Å². The fourth-order valence-corrected chi connectivity index (χ4v) is 2.16. The van der Waals surface area contributed by atoms with Gasteiger partial charge in [0.05, 0.1) is 18.2 Å². The number of hydrogen-bond acceptors (Lipinski definition) is 3. The van der Waals surface area contributed by atoms with E-state index in [1.165, 1.54) is 5.56 Å². The van der Waals surface area contributed by atoms with E-state index in [4.69, 9.17) is 0 Å². The summed E-state index contributed by atoms with van der Waals surface area (Å²) in [5.74, 6) is 0.0981. The summed E-state index contributed by atoms with van der Waals surface area (Å²) in [5.41, 5.74) is 5.28. The van der Waals surface area contributed by atoms with E-state index in [1.807, 2.05) is 24.2 Å². The van der Waals surface area contributed by atoms with Crippen molar-refractivity contribution in [3.05, 3.63) is 29.8 Å². The second-order valence-electron chi connectivity index (χ2n) is 4.44. The normalized spacial score (nSPS) is 19.5. The SMILES string of the molecule is CNCCc1ccccc1N1NC(=O)CC1C. The lowest BCUT2D eigenvalue weighted by Gasteiger charge is -2.25. The number of hydrogen-bond donors (Lipinski definition) is 2. The zero-order valence-electron chi connectivity index (χ0n) is 10.4. The molecule has 1 fully saturated rings. The smallest absolute Gasteiger partial charge is 0.240 e. The molecule has 1 aromatic carbocycles. The Morgan fingerprint density at radius 1 is 1.47 bits per heavy atom. The Labute approximate surface area is 102 Å². The van der Waals surface area contributed by atoms with Crippen molar-refractivity contribution < 1.29 is 4.79 Å². The molecule has 2 rings (SSSR count). The number of hydrazine groups is 1. The first-order valence-corrected chi connectivity index (χ1v) is 6.03. The van der Waals surface area contributed by atoms with Gasteiger partial charge in [-0.1, -0.05) is 18.2 Å². The van der Waals surface area contributed by atoms with Crippen LogP contribution in [-0.4, -0.2) is 25.5 Å². The van der Waals surface area contributed by atoms with Gasteiger partial charge in [0.15, 0.2) is 0 Å². The van der Waals surface area contributed by atoms with E-state index in [-0.39, 0.29) is 11.9 Å². The van der Waals surface area contributed by atoms with Crippen molar-refractivity contribution in [3.8, 4) is 0 Å². The molecule has 1 aliphatic rings. The highest BCUT2D eigenvalue weighted by atomic mass is 16.2. The highest BCUT2D eigenvalue weighted by molar-refractivity contribution is 5.82. The number of amides is 1. The van der Waals surface area contributed by atoms with Crippen LogP contribution in [-0.2, 0) is 11.2 Å². The van der Waals surface area contributed by atoms with Gasteiger partial charge in [0.2, 0.25) is 5.91 Å². The van der Waals surface area contributed by atoms with E-state index in [0.29, 0.717) is 6.42 Å². The molecule has 1 aliphatic heterocycles. The van der Waals surface area contributed by atoms with E-state index < -0.39 is 0 Å². The molecule has 4 heteroatoms. The Hall–Kier alpha value is -1.55. The lowest BCUT2D eigenvalue weighted by atomic mass is 10.1. The first kappa shape index (κ1) is 11.9. The van der Waals surface area contributed by atoms with E-state index in [2.05, 4.69) is 29.8 Å². The first-order valence-electron chi connectivity index (χ1n) is 6.03. The fourth-order valence-electron chi connectivity index (χ4n) is 2.16.